The zero-order valence-corrected chi connectivity index (χ0v) is 14.4. The lowest BCUT2D eigenvalue weighted by atomic mass is 10.0. The summed E-state index contributed by atoms with van der Waals surface area (Å²) in [5.41, 5.74) is 1.34. The summed E-state index contributed by atoms with van der Waals surface area (Å²) in [5.74, 6) is 0.519. The van der Waals surface area contributed by atoms with E-state index >= 15 is 0 Å². The normalized spacial score (nSPS) is 17.4. The first-order valence-electron chi connectivity index (χ1n) is 7.80. The van der Waals surface area contributed by atoms with Crippen LogP contribution in [-0.2, 0) is 0 Å². The van der Waals surface area contributed by atoms with E-state index in [0.717, 1.165) is 23.3 Å². The number of hydrogen-bond donors (Lipinski definition) is 0. The lowest BCUT2D eigenvalue weighted by Gasteiger charge is -2.24. The SMILES string of the molecule is O=C(c1cc(-c2cccs2)on1)N1CCC[C@H]1c1ccccc1Cl. The quantitative estimate of drug-likeness (QED) is 0.659. The van der Waals surface area contributed by atoms with Gasteiger partial charge in [-0.3, -0.25) is 4.79 Å². The van der Waals surface area contributed by atoms with Crippen LogP contribution in [0.5, 0.6) is 0 Å². The Hall–Kier alpha value is -2.11. The molecular weight excluding hydrogens is 344 g/mol. The van der Waals surface area contributed by atoms with Crippen molar-refractivity contribution < 1.29 is 9.32 Å². The fourth-order valence-electron chi connectivity index (χ4n) is 3.14. The minimum atomic E-state index is -0.107. The molecule has 3 heterocycles. The van der Waals surface area contributed by atoms with Crippen LogP contribution in [0.15, 0.2) is 52.4 Å². The molecule has 24 heavy (non-hydrogen) atoms. The maximum atomic E-state index is 12.9. The number of halogens is 1. The van der Waals surface area contributed by atoms with Crippen molar-refractivity contribution in [1.29, 1.82) is 0 Å². The Morgan fingerprint density at radius 3 is 2.96 bits per heavy atom. The van der Waals surface area contributed by atoms with Gasteiger partial charge in [0.2, 0.25) is 0 Å². The summed E-state index contributed by atoms with van der Waals surface area (Å²) >= 11 is 7.88. The second kappa shape index (κ2) is 6.42. The number of carbonyl (C=O) groups is 1. The Morgan fingerprint density at radius 1 is 1.29 bits per heavy atom. The number of benzene rings is 1. The molecule has 1 fully saturated rings. The molecule has 0 radical (unpaired) electrons. The van der Waals surface area contributed by atoms with Crippen molar-refractivity contribution >= 4 is 28.8 Å². The number of rotatable bonds is 3. The molecule has 4 nitrogen and oxygen atoms in total. The third kappa shape index (κ3) is 2.74. The van der Waals surface area contributed by atoms with Gasteiger partial charge < -0.3 is 9.42 Å². The van der Waals surface area contributed by atoms with E-state index in [0.29, 0.717) is 23.0 Å². The summed E-state index contributed by atoms with van der Waals surface area (Å²) in [6.07, 6.45) is 1.86. The van der Waals surface area contributed by atoms with E-state index in [1.165, 1.54) is 0 Å². The fourth-order valence-corrected chi connectivity index (χ4v) is 4.07. The van der Waals surface area contributed by atoms with Gasteiger partial charge in [-0.15, -0.1) is 11.3 Å². The molecule has 1 amide bonds. The molecule has 0 spiro atoms. The molecule has 1 aliphatic rings. The topological polar surface area (TPSA) is 46.3 Å². The molecule has 1 aromatic carbocycles. The van der Waals surface area contributed by atoms with E-state index in [1.54, 1.807) is 17.4 Å². The van der Waals surface area contributed by atoms with Crippen molar-refractivity contribution in [2.24, 2.45) is 0 Å². The van der Waals surface area contributed by atoms with Crippen molar-refractivity contribution in [3.8, 4) is 10.6 Å². The molecule has 0 aliphatic carbocycles. The Morgan fingerprint density at radius 2 is 2.17 bits per heavy atom. The summed E-state index contributed by atoms with van der Waals surface area (Å²) < 4.78 is 5.34. The third-order valence-corrected chi connectivity index (χ3v) is 5.50. The van der Waals surface area contributed by atoms with Crippen LogP contribution < -0.4 is 0 Å². The second-order valence-electron chi connectivity index (χ2n) is 5.73. The fraction of sp³-hybridized carbons (Fsp3) is 0.222. The first kappa shape index (κ1) is 15.4. The Bertz CT molecular complexity index is 860. The van der Waals surface area contributed by atoms with Crippen LogP contribution in [-0.4, -0.2) is 22.5 Å². The zero-order valence-electron chi connectivity index (χ0n) is 12.8. The first-order chi connectivity index (χ1) is 11.7. The van der Waals surface area contributed by atoms with E-state index in [2.05, 4.69) is 5.16 Å². The average Bonchev–Trinajstić information content (AvgIpc) is 3.34. The average molecular weight is 359 g/mol. The van der Waals surface area contributed by atoms with Crippen LogP contribution in [0, 0.1) is 0 Å². The molecule has 1 saturated heterocycles. The van der Waals surface area contributed by atoms with Gasteiger partial charge in [0, 0.05) is 17.6 Å². The van der Waals surface area contributed by atoms with Gasteiger partial charge in [0.15, 0.2) is 11.5 Å². The number of likely N-dealkylation sites (tertiary alicyclic amines) is 1. The Labute approximate surface area is 148 Å². The maximum absolute atomic E-state index is 12.9. The van der Waals surface area contributed by atoms with Crippen molar-refractivity contribution in [2.45, 2.75) is 18.9 Å². The second-order valence-corrected chi connectivity index (χ2v) is 7.09. The highest BCUT2D eigenvalue weighted by atomic mass is 35.5. The number of aromatic nitrogens is 1. The summed E-state index contributed by atoms with van der Waals surface area (Å²) in [7, 11) is 0. The number of amides is 1. The number of hydrogen-bond acceptors (Lipinski definition) is 4. The predicted octanol–water partition coefficient (Wildman–Crippen LogP) is 5.03. The van der Waals surface area contributed by atoms with Gasteiger partial charge >= 0.3 is 0 Å². The number of nitrogens with zero attached hydrogens (tertiary/aromatic N) is 2. The van der Waals surface area contributed by atoms with E-state index in [1.807, 2.05) is 46.7 Å². The highest BCUT2D eigenvalue weighted by Crippen LogP contribution is 2.36. The monoisotopic (exact) mass is 358 g/mol. The zero-order chi connectivity index (χ0) is 16.5. The van der Waals surface area contributed by atoms with Gasteiger partial charge in [-0.05, 0) is 35.9 Å². The van der Waals surface area contributed by atoms with Gasteiger partial charge in [-0.2, -0.15) is 0 Å². The molecule has 0 saturated carbocycles. The Balaban J connectivity index is 1.61. The van der Waals surface area contributed by atoms with Gasteiger partial charge in [0.25, 0.3) is 5.91 Å². The molecule has 6 heteroatoms. The van der Waals surface area contributed by atoms with E-state index in [9.17, 15) is 4.79 Å². The predicted molar refractivity (Wildman–Crippen MR) is 94.3 cm³/mol. The smallest absolute Gasteiger partial charge is 0.276 e. The molecule has 0 bridgehead atoms. The summed E-state index contributed by atoms with van der Waals surface area (Å²) in [6, 6.07) is 13.3. The lowest BCUT2D eigenvalue weighted by Crippen LogP contribution is -2.30. The highest BCUT2D eigenvalue weighted by molar-refractivity contribution is 7.13. The summed E-state index contributed by atoms with van der Waals surface area (Å²) in [6.45, 7) is 0.704. The minimum absolute atomic E-state index is 0.00640. The van der Waals surface area contributed by atoms with Crippen molar-refractivity contribution in [1.82, 2.24) is 10.1 Å². The molecule has 2 aromatic heterocycles. The molecular formula is C18H15ClN2O2S. The number of thiophene rings is 1. The Kier molecular flexibility index (Phi) is 4.12. The van der Waals surface area contributed by atoms with Crippen LogP contribution in [0.2, 0.25) is 5.02 Å². The molecule has 1 atom stereocenters. The van der Waals surface area contributed by atoms with Crippen LogP contribution >= 0.6 is 22.9 Å². The largest absolute Gasteiger partial charge is 0.355 e. The maximum Gasteiger partial charge on any atom is 0.276 e. The molecule has 122 valence electrons. The van der Waals surface area contributed by atoms with E-state index in [-0.39, 0.29) is 11.9 Å². The summed E-state index contributed by atoms with van der Waals surface area (Å²) in [5, 5.41) is 6.64. The van der Waals surface area contributed by atoms with Crippen LogP contribution in [0.1, 0.15) is 34.9 Å². The minimum Gasteiger partial charge on any atom is -0.355 e. The van der Waals surface area contributed by atoms with E-state index < -0.39 is 0 Å². The summed E-state index contributed by atoms with van der Waals surface area (Å²) in [4.78, 5) is 15.7. The van der Waals surface area contributed by atoms with Crippen molar-refractivity contribution in [2.75, 3.05) is 6.54 Å². The van der Waals surface area contributed by atoms with Gasteiger partial charge in [0.05, 0.1) is 10.9 Å². The first-order valence-corrected chi connectivity index (χ1v) is 9.06. The van der Waals surface area contributed by atoms with Gasteiger partial charge in [-0.1, -0.05) is 41.0 Å². The molecule has 0 N–H and O–H groups in total. The van der Waals surface area contributed by atoms with E-state index in [4.69, 9.17) is 16.1 Å². The molecule has 4 rings (SSSR count). The third-order valence-electron chi connectivity index (χ3n) is 4.27. The highest BCUT2D eigenvalue weighted by Gasteiger charge is 2.33. The van der Waals surface area contributed by atoms with Crippen LogP contribution in [0.3, 0.4) is 0 Å². The van der Waals surface area contributed by atoms with Gasteiger partial charge in [0.1, 0.15) is 0 Å². The van der Waals surface area contributed by atoms with Crippen molar-refractivity contribution in [3.05, 3.63) is 64.1 Å². The van der Waals surface area contributed by atoms with Crippen molar-refractivity contribution in [3.63, 3.8) is 0 Å². The van der Waals surface area contributed by atoms with Crippen LogP contribution in [0.25, 0.3) is 10.6 Å². The lowest BCUT2D eigenvalue weighted by molar-refractivity contribution is 0.0725. The standard InChI is InChI=1S/C18H15ClN2O2S/c19-13-6-2-1-5-12(13)15-7-3-9-21(15)18(22)14-11-16(23-20-14)17-8-4-10-24-17/h1-2,4-6,8,10-11,15H,3,7,9H2/t15-/m0/s1. The number of carbonyl (C=O) groups excluding carboxylic acids is 1. The molecule has 3 aromatic rings. The molecule has 0 unspecified atom stereocenters. The van der Waals surface area contributed by atoms with Crippen LogP contribution in [0.4, 0.5) is 0 Å². The molecule has 1 aliphatic heterocycles. The van der Waals surface area contributed by atoms with Gasteiger partial charge in [-0.25, -0.2) is 0 Å².